The molecule has 2 fully saturated rings. The fourth-order valence-electron chi connectivity index (χ4n) is 3.98. The third kappa shape index (κ3) is 7.15. The van der Waals surface area contributed by atoms with Gasteiger partial charge in [0.1, 0.15) is 0 Å². The Hall–Kier alpha value is -2.18. The van der Waals surface area contributed by atoms with Crippen molar-refractivity contribution in [2.24, 2.45) is 10.8 Å². The van der Waals surface area contributed by atoms with E-state index in [1.807, 2.05) is 0 Å². The lowest BCUT2D eigenvalue weighted by Crippen LogP contribution is -2.56. The summed E-state index contributed by atoms with van der Waals surface area (Å²) < 4.78 is 14.8. The molecule has 3 N–H and O–H groups in total. The number of hydrogen-bond donors (Lipinski definition) is 3. The first-order chi connectivity index (χ1) is 15.6. The number of carboxylic acids is 1. The van der Waals surface area contributed by atoms with E-state index >= 15 is 0 Å². The second kappa shape index (κ2) is 13.5. The molecule has 2 aliphatic heterocycles. The molecule has 2 aliphatic rings. The molecule has 188 valence electrons. The minimum atomic E-state index is -1.54. The summed E-state index contributed by atoms with van der Waals surface area (Å²) in [4.78, 5) is 48.5. The Morgan fingerprint density at radius 2 is 1.39 bits per heavy atom. The summed E-state index contributed by atoms with van der Waals surface area (Å²) in [5.41, 5.74) is -2.67. The van der Waals surface area contributed by atoms with Crippen LogP contribution in [0.25, 0.3) is 0 Å². The zero-order chi connectivity index (χ0) is 25.1. The maximum atomic E-state index is 11.9. The van der Waals surface area contributed by atoms with E-state index in [-0.39, 0.29) is 32.8 Å². The molecular formula is C21H37BN2O9. The van der Waals surface area contributed by atoms with Gasteiger partial charge in [-0.25, -0.2) is 0 Å². The first-order valence-electron chi connectivity index (χ1n) is 11.5. The SMILES string of the molecule is CCOC(=O)C1(C(=O)O)CCCN(B(C)O)C1.CCOC(=O)C1(C(=O)OCC)CCCNC1. The maximum absolute atomic E-state index is 11.9. The molecule has 0 amide bonds. The van der Waals surface area contributed by atoms with Crippen LogP contribution in [0.2, 0.25) is 6.82 Å². The van der Waals surface area contributed by atoms with E-state index in [2.05, 4.69) is 5.32 Å². The molecule has 0 saturated carbocycles. The van der Waals surface area contributed by atoms with Crippen LogP contribution in [0.4, 0.5) is 0 Å². The average Bonchev–Trinajstić information content (AvgIpc) is 2.80. The molecule has 2 rings (SSSR count). The monoisotopic (exact) mass is 472 g/mol. The van der Waals surface area contributed by atoms with Crippen molar-refractivity contribution in [3.63, 3.8) is 0 Å². The number of nitrogens with one attached hydrogen (secondary N) is 1. The molecule has 0 radical (unpaired) electrons. The van der Waals surface area contributed by atoms with E-state index in [0.29, 0.717) is 25.9 Å². The number of carbonyl (C=O) groups is 4. The highest BCUT2D eigenvalue weighted by Crippen LogP contribution is 2.32. The number of rotatable bonds is 8. The van der Waals surface area contributed by atoms with Crippen LogP contribution in [0, 0.1) is 10.8 Å². The van der Waals surface area contributed by atoms with Gasteiger partial charge in [0.05, 0.1) is 19.8 Å². The highest BCUT2D eigenvalue weighted by molar-refractivity contribution is 6.45. The molecule has 2 heterocycles. The first-order valence-corrected chi connectivity index (χ1v) is 11.5. The second-order valence-electron chi connectivity index (χ2n) is 8.12. The molecule has 0 aromatic carbocycles. The van der Waals surface area contributed by atoms with Gasteiger partial charge in [-0.15, -0.1) is 0 Å². The van der Waals surface area contributed by atoms with Gasteiger partial charge in [-0.05, 0) is 66.4 Å². The van der Waals surface area contributed by atoms with Gasteiger partial charge in [-0.2, -0.15) is 0 Å². The number of ether oxygens (including phenoxy) is 3. The minimum absolute atomic E-state index is 0.00116. The van der Waals surface area contributed by atoms with Gasteiger partial charge in [0.15, 0.2) is 10.8 Å². The van der Waals surface area contributed by atoms with Crippen molar-refractivity contribution in [2.75, 3.05) is 46.0 Å². The Bertz CT molecular complexity index is 663. The average molecular weight is 472 g/mol. The predicted molar refractivity (Wildman–Crippen MR) is 119 cm³/mol. The molecule has 0 bridgehead atoms. The van der Waals surface area contributed by atoms with Gasteiger partial charge in [0.25, 0.3) is 0 Å². The van der Waals surface area contributed by atoms with Crippen LogP contribution in [-0.2, 0) is 33.4 Å². The Balaban J connectivity index is 0.000000331. The minimum Gasteiger partial charge on any atom is -0.480 e. The van der Waals surface area contributed by atoms with Gasteiger partial charge >= 0.3 is 30.9 Å². The van der Waals surface area contributed by atoms with Crippen LogP contribution in [0.3, 0.4) is 0 Å². The number of hydrogen-bond acceptors (Lipinski definition) is 10. The Morgan fingerprint density at radius 1 is 0.909 bits per heavy atom. The summed E-state index contributed by atoms with van der Waals surface area (Å²) in [6.45, 7) is 9.09. The van der Waals surface area contributed by atoms with Crippen LogP contribution in [-0.4, -0.2) is 91.9 Å². The molecule has 0 aliphatic carbocycles. The Labute approximate surface area is 195 Å². The third-order valence-electron chi connectivity index (χ3n) is 5.84. The largest absolute Gasteiger partial charge is 0.480 e. The summed E-state index contributed by atoms with van der Waals surface area (Å²) in [7, 11) is -0.761. The van der Waals surface area contributed by atoms with Crippen molar-refractivity contribution in [1.29, 1.82) is 0 Å². The first kappa shape index (κ1) is 28.9. The smallest absolute Gasteiger partial charge is 0.376 e. The van der Waals surface area contributed by atoms with Crippen molar-refractivity contribution >= 4 is 30.9 Å². The van der Waals surface area contributed by atoms with Gasteiger partial charge < -0.3 is 34.5 Å². The number of esters is 3. The molecule has 0 spiro atoms. The van der Waals surface area contributed by atoms with Crippen LogP contribution in [0.15, 0.2) is 0 Å². The lowest BCUT2D eigenvalue weighted by Gasteiger charge is -2.38. The molecule has 2 saturated heterocycles. The Morgan fingerprint density at radius 3 is 1.79 bits per heavy atom. The predicted octanol–water partition coefficient (Wildman–Crippen LogP) is 0.309. The molecule has 1 atom stereocenters. The molecule has 1 unspecified atom stereocenters. The Kier molecular flexibility index (Phi) is 11.8. The van der Waals surface area contributed by atoms with E-state index in [1.165, 1.54) is 0 Å². The molecular weight excluding hydrogens is 435 g/mol. The lowest BCUT2D eigenvalue weighted by molar-refractivity contribution is -0.174. The van der Waals surface area contributed by atoms with Crippen molar-refractivity contribution in [1.82, 2.24) is 10.1 Å². The van der Waals surface area contributed by atoms with Gasteiger partial charge in [0.2, 0.25) is 0 Å². The highest BCUT2D eigenvalue weighted by atomic mass is 16.6. The van der Waals surface area contributed by atoms with E-state index in [0.717, 1.165) is 13.0 Å². The quantitative estimate of drug-likeness (QED) is 0.194. The molecule has 33 heavy (non-hydrogen) atoms. The van der Waals surface area contributed by atoms with E-state index in [1.54, 1.807) is 32.4 Å². The molecule has 0 aromatic heterocycles. The fraction of sp³-hybridized carbons (Fsp3) is 0.810. The van der Waals surface area contributed by atoms with Crippen LogP contribution < -0.4 is 5.32 Å². The topological polar surface area (TPSA) is 152 Å². The summed E-state index contributed by atoms with van der Waals surface area (Å²) >= 11 is 0. The number of piperidine rings is 2. The van der Waals surface area contributed by atoms with Gasteiger partial charge in [-0.3, -0.25) is 19.2 Å². The number of nitrogens with zero attached hydrogens (tertiary/aromatic N) is 1. The van der Waals surface area contributed by atoms with Gasteiger partial charge in [0, 0.05) is 13.1 Å². The van der Waals surface area contributed by atoms with E-state index in [9.17, 15) is 29.3 Å². The zero-order valence-corrected chi connectivity index (χ0v) is 20.1. The normalized spacial score (nSPS) is 22.2. The summed E-state index contributed by atoms with van der Waals surface area (Å²) in [6, 6.07) is 0. The van der Waals surface area contributed by atoms with Crippen LogP contribution in [0.5, 0.6) is 0 Å². The number of carboxylic acid groups (broad SMARTS) is 1. The van der Waals surface area contributed by atoms with Crippen molar-refractivity contribution in [3.05, 3.63) is 0 Å². The van der Waals surface area contributed by atoms with Crippen LogP contribution in [0.1, 0.15) is 46.5 Å². The molecule has 0 aromatic rings. The van der Waals surface area contributed by atoms with Crippen molar-refractivity contribution in [2.45, 2.75) is 53.3 Å². The summed E-state index contributed by atoms with van der Waals surface area (Å²) in [5, 5.41) is 21.8. The van der Waals surface area contributed by atoms with Crippen LogP contribution >= 0.6 is 0 Å². The molecule has 11 nitrogen and oxygen atoms in total. The summed E-state index contributed by atoms with van der Waals surface area (Å²) in [6.07, 6.45) is 2.08. The second-order valence-corrected chi connectivity index (χ2v) is 8.12. The zero-order valence-electron chi connectivity index (χ0n) is 20.1. The number of carbonyl (C=O) groups excluding carboxylic acids is 3. The van der Waals surface area contributed by atoms with Crippen molar-refractivity contribution in [3.8, 4) is 0 Å². The van der Waals surface area contributed by atoms with Crippen molar-refractivity contribution < 1.29 is 43.5 Å². The third-order valence-corrected chi connectivity index (χ3v) is 5.84. The highest BCUT2D eigenvalue weighted by Gasteiger charge is 2.51. The molecule has 12 heteroatoms. The number of aliphatic carboxylic acids is 1. The maximum Gasteiger partial charge on any atom is 0.376 e. The lowest BCUT2D eigenvalue weighted by atomic mass is 9.73. The summed E-state index contributed by atoms with van der Waals surface area (Å²) in [5.74, 6) is -2.83. The van der Waals surface area contributed by atoms with E-state index < -0.39 is 41.8 Å². The van der Waals surface area contributed by atoms with Gasteiger partial charge in [-0.1, -0.05) is 0 Å². The van der Waals surface area contributed by atoms with E-state index in [4.69, 9.17) is 14.2 Å². The fourth-order valence-corrected chi connectivity index (χ4v) is 3.98. The standard InChI is InChI=1S/C11H19NO4.C10H18BNO5/c1-3-15-9(13)11(10(14)16-4-2)6-5-7-12-8-11;1-3-17-9(15)10(8(13)14)5-4-6-12(7-10)11(2)16/h12H,3-8H2,1-2H3;16H,3-7H2,1-2H3,(H,13,14).